The van der Waals surface area contributed by atoms with Crippen LogP contribution in [0.15, 0.2) is 48.1 Å². The first-order valence-electron chi connectivity index (χ1n) is 5.22. The highest BCUT2D eigenvalue weighted by Crippen LogP contribution is 2.16. The van der Waals surface area contributed by atoms with Gasteiger partial charge in [0.1, 0.15) is 0 Å². The smallest absolute Gasteiger partial charge is 0.368 e. The van der Waals surface area contributed by atoms with Crippen LogP contribution in [0.5, 0.6) is 0 Å². The van der Waals surface area contributed by atoms with E-state index in [0.717, 1.165) is 5.57 Å². The van der Waals surface area contributed by atoms with Crippen molar-refractivity contribution >= 4 is 11.6 Å². The van der Waals surface area contributed by atoms with Gasteiger partial charge in [0.15, 0.2) is 12.4 Å². The molecule has 98 valence electrons. The number of carbonyl (C=O) groups is 1. The molecule has 0 fully saturated rings. The Kier molecular flexibility index (Phi) is 6.62. The van der Waals surface area contributed by atoms with Crippen molar-refractivity contribution < 1.29 is 44.6 Å². The predicted molar refractivity (Wildman–Crippen MR) is 57.8 cm³/mol. The molecule has 0 radical (unpaired) electrons. The number of aliphatic hydroxyl groups is 1. The molecule has 0 unspecified atom stereocenters. The molecule has 6 heteroatoms. The molecule has 1 aromatic heterocycles. The Morgan fingerprint density at radius 1 is 1.22 bits per heavy atom. The molecular weight excluding hydrogens is 275 g/mol. The number of aromatic nitrogens is 1. The van der Waals surface area contributed by atoms with Crippen LogP contribution >= 0.6 is 0 Å². The van der Waals surface area contributed by atoms with E-state index in [9.17, 15) is 9.90 Å². The summed E-state index contributed by atoms with van der Waals surface area (Å²) in [4.78, 5) is 11.3. The van der Waals surface area contributed by atoms with E-state index in [1.165, 1.54) is 5.32 Å². The number of amides is 1. The fraction of sp³-hybridized carbons (Fsp3) is 0.167. The van der Waals surface area contributed by atoms with E-state index in [-0.39, 0.29) is 36.6 Å². The van der Waals surface area contributed by atoms with Gasteiger partial charge in [0.2, 0.25) is 0 Å². The second-order valence-electron chi connectivity index (χ2n) is 3.59. The summed E-state index contributed by atoms with van der Waals surface area (Å²) in [6.07, 6.45) is 5.97. The van der Waals surface area contributed by atoms with Gasteiger partial charge in [0.25, 0.3) is 0 Å². The molecule has 3 N–H and O–H groups in total. The summed E-state index contributed by atoms with van der Waals surface area (Å²) in [6, 6.07) is 5.66. The van der Waals surface area contributed by atoms with Crippen molar-refractivity contribution in [1.82, 2.24) is 0 Å². The molecule has 0 aliphatic carbocycles. The minimum Gasteiger partial charge on any atom is -1.00 e. The van der Waals surface area contributed by atoms with Crippen LogP contribution in [-0.2, 0) is 4.79 Å². The van der Waals surface area contributed by atoms with Gasteiger partial charge in [-0.15, -0.1) is 0 Å². The normalized spacial score (nSPS) is 14.5. The molecule has 4 nitrogen and oxygen atoms in total. The maximum absolute atomic E-state index is 11.3. The van der Waals surface area contributed by atoms with Crippen LogP contribution in [0.4, 0.5) is 0 Å². The number of hydrogen-bond acceptors (Lipinski definition) is 2. The topological polar surface area (TPSA) is 57.8 Å². The molecule has 1 aliphatic heterocycles. The van der Waals surface area contributed by atoms with Crippen molar-refractivity contribution in [2.24, 2.45) is 0 Å². The zero-order valence-corrected chi connectivity index (χ0v) is 11.3. The van der Waals surface area contributed by atoms with Gasteiger partial charge in [0, 0.05) is 17.7 Å². The first-order valence-corrected chi connectivity index (χ1v) is 5.22. The number of primary amides is 1. The van der Waals surface area contributed by atoms with E-state index >= 15 is 0 Å². The molecule has 2 heterocycles. The lowest BCUT2D eigenvalue weighted by molar-refractivity contribution is -0.605. The highest BCUT2D eigenvalue weighted by Gasteiger charge is 2.30. The van der Waals surface area contributed by atoms with Crippen LogP contribution in [0.3, 0.4) is 0 Å². The number of allylic oxidation sites excluding steroid dienone is 2. The molecule has 0 atom stereocenters. The Morgan fingerprint density at radius 2 is 1.83 bits per heavy atom. The molecule has 1 aliphatic rings. The Balaban J connectivity index is 0.00000144. The lowest BCUT2D eigenvalue weighted by Crippen LogP contribution is -3.00. The van der Waals surface area contributed by atoms with Gasteiger partial charge in [-0.2, -0.15) is 4.57 Å². The van der Waals surface area contributed by atoms with Crippen LogP contribution in [0.1, 0.15) is 13.3 Å². The van der Waals surface area contributed by atoms with Gasteiger partial charge >= 0.3 is 17.5 Å². The lowest BCUT2D eigenvalue weighted by atomic mass is 10.1. The first-order chi connectivity index (χ1) is 7.72. The third kappa shape index (κ3) is 3.32. The fourth-order valence-electron chi connectivity index (χ4n) is 1.76. The summed E-state index contributed by atoms with van der Waals surface area (Å²) < 4.78 is 1.81. The van der Waals surface area contributed by atoms with E-state index < -0.39 is 0 Å². The van der Waals surface area contributed by atoms with E-state index in [2.05, 4.69) is 0 Å². The molecule has 1 amide bonds. The molecule has 0 saturated carbocycles. The van der Waals surface area contributed by atoms with E-state index in [4.69, 9.17) is 0 Å². The number of quaternary nitrogens is 1. The van der Waals surface area contributed by atoms with Gasteiger partial charge < -0.3 is 29.9 Å². The van der Waals surface area contributed by atoms with E-state index in [1.54, 1.807) is 6.08 Å². The summed E-state index contributed by atoms with van der Waals surface area (Å²) in [5.41, 5.74) is 1.53. The quantitative estimate of drug-likeness (QED) is 0.533. The summed E-state index contributed by atoms with van der Waals surface area (Å²) in [5, 5.41) is 11.1. The van der Waals surface area contributed by atoms with Gasteiger partial charge in [-0.25, -0.2) is 10.1 Å². The summed E-state index contributed by atoms with van der Waals surface area (Å²) in [6.45, 7) is 1.96. The standard InChI is InChI=1S/C12H12N2O2.2ClH/c1-2-9-8-10(15)13-12(16)11(9)14-6-4-3-5-7-14;;/h3-8H,2H2,1H3,(H-,13,15,16);2*1H. The summed E-state index contributed by atoms with van der Waals surface area (Å²) in [7, 11) is 0. The molecule has 0 saturated heterocycles. The highest BCUT2D eigenvalue weighted by atomic mass is 35.5. The number of halogens is 2. The number of aliphatic hydroxyl groups excluding tert-OH is 1. The van der Waals surface area contributed by atoms with Gasteiger partial charge in [0.05, 0.1) is 6.08 Å². The van der Waals surface area contributed by atoms with E-state index in [0.29, 0.717) is 12.1 Å². The zero-order valence-electron chi connectivity index (χ0n) is 9.81. The number of carbonyl (C=O) groups excluding carboxylic acids is 1. The Bertz CT molecular complexity index is 484. The third-order valence-corrected chi connectivity index (χ3v) is 2.50. The Morgan fingerprint density at radius 3 is 2.39 bits per heavy atom. The minimum atomic E-state index is -0.158. The fourth-order valence-corrected chi connectivity index (χ4v) is 1.76. The Hall–Kier alpha value is -1.36. The van der Waals surface area contributed by atoms with Crippen molar-refractivity contribution in [3.05, 3.63) is 48.1 Å². The lowest BCUT2D eigenvalue weighted by Gasteiger charge is -2.08. The number of nitrogens with zero attached hydrogens (tertiary/aromatic N) is 1. The molecule has 0 spiro atoms. The molecule has 1 aromatic rings. The van der Waals surface area contributed by atoms with Crippen LogP contribution < -0.4 is 34.7 Å². The average Bonchev–Trinajstić information content (AvgIpc) is 2.29. The number of rotatable bonds is 2. The van der Waals surface area contributed by atoms with Gasteiger partial charge in [-0.1, -0.05) is 13.0 Å². The average molecular weight is 289 g/mol. The number of pyridine rings is 1. The van der Waals surface area contributed by atoms with Crippen molar-refractivity contribution in [3.8, 4) is 0 Å². The van der Waals surface area contributed by atoms with Gasteiger partial charge in [-0.3, -0.25) is 0 Å². The molecular formula is C12H14Cl2N2O2. The van der Waals surface area contributed by atoms with Crippen LogP contribution in [0, 0.1) is 0 Å². The van der Waals surface area contributed by atoms with Crippen LogP contribution in [0.25, 0.3) is 5.70 Å². The first kappa shape index (κ1) is 16.6. The van der Waals surface area contributed by atoms with Gasteiger partial charge in [-0.05, 0) is 6.42 Å². The van der Waals surface area contributed by atoms with Crippen LogP contribution in [-0.4, -0.2) is 11.0 Å². The van der Waals surface area contributed by atoms with Crippen molar-refractivity contribution in [2.45, 2.75) is 13.3 Å². The summed E-state index contributed by atoms with van der Waals surface area (Å²) in [5.74, 6) is -0.129. The maximum atomic E-state index is 11.3. The second-order valence-corrected chi connectivity index (χ2v) is 3.59. The molecule has 18 heavy (non-hydrogen) atoms. The summed E-state index contributed by atoms with van der Waals surface area (Å²) >= 11 is 0. The highest BCUT2D eigenvalue weighted by molar-refractivity contribution is 5.86. The molecule has 0 bridgehead atoms. The second kappa shape index (κ2) is 7.16. The van der Waals surface area contributed by atoms with Crippen molar-refractivity contribution in [3.63, 3.8) is 0 Å². The monoisotopic (exact) mass is 288 g/mol. The Labute approximate surface area is 118 Å². The zero-order chi connectivity index (χ0) is 11.5. The number of nitrogens with two attached hydrogens (primary N) is 1. The van der Waals surface area contributed by atoms with Crippen molar-refractivity contribution in [2.75, 3.05) is 0 Å². The minimum absolute atomic E-state index is 0. The molecule has 2 rings (SSSR count). The van der Waals surface area contributed by atoms with E-state index in [1.807, 2.05) is 42.1 Å². The maximum Gasteiger partial charge on any atom is 0.368 e. The van der Waals surface area contributed by atoms with Crippen LogP contribution in [0.2, 0.25) is 0 Å². The predicted octanol–water partition coefficient (Wildman–Crippen LogP) is -5.89. The molecule has 0 aromatic carbocycles. The number of hydrogen-bond donors (Lipinski definition) is 2. The largest absolute Gasteiger partial charge is 1.00 e. The third-order valence-electron chi connectivity index (χ3n) is 2.50. The van der Waals surface area contributed by atoms with Crippen molar-refractivity contribution in [1.29, 1.82) is 0 Å². The SMILES string of the molecule is CCC1=CC(=O)[NH2+]C(O)=C1[n+]1ccccc1.[Cl-].[Cl-].